The first-order valence-electron chi connectivity index (χ1n) is 10.9. The molecule has 1 heterocycles. The van der Waals surface area contributed by atoms with Crippen molar-refractivity contribution in [1.82, 2.24) is 10.2 Å². The molecule has 0 unspecified atom stereocenters. The lowest BCUT2D eigenvalue weighted by Crippen LogP contribution is -2.47. The molecule has 2 amide bonds. The number of methoxy groups -OCH3 is 3. The van der Waals surface area contributed by atoms with Crippen LogP contribution in [0.5, 0.6) is 11.5 Å². The molecule has 1 atom stereocenters. The predicted octanol–water partition coefficient (Wildman–Crippen LogP) is 3.58. The van der Waals surface area contributed by atoms with Gasteiger partial charge >= 0.3 is 0 Å². The van der Waals surface area contributed by atoms with Crippen molar-refractivity contribution >= 4 is 23.2 Å². The Morgan fingerprint density at radius 2 is 1.88 bits per heavy atom. The number of ether oxygens (including phenoxy) is 3. The summed E-state index contributed by atoms with van der Waals surface area (Å²) in [6.45, 7) is 0.633. The minimum absolute atomic E-state index is 0.120. The molecule has 7 nitrogen and oxygen atoms in total. The Balaban J connectivity index is 1.96. The number of nitrogens with zero attached hydrogens (tertiary/aromatic N) is 1. The van der Waals surface area contributed by atoms with E-state index < -0.39 is 6.04 Å². The standard InChI is InChI=1S/C24H32N2O5S/c1-29-13-12-26(22(27)16-19-9-6-14-32-19)23(24(28)25-18-7-4-5-8-18)17-10-11-20(30-2)21(15-17)31-3/h6,9-11,14-15,18,23H,4-5,7-8,12-13,16H2,1-3H3,(H,25,28)/t23-/m0/s1. The minimum atomic E-state index is -0.794. The van der Waals surface area contributed by atoms with Crippen molar-refractivity contribution in [3.05, 3.63) is 46.2 Å². The lowest BCUT2D eigenvalue weighted by Gasteiger charge is -2.32. The van der Waals surface area contributed by atoms with Gasteiger partial charge in [-0.05, 0) is 42.0 Å². The van der Waals surface area contributed by atoms with Crippen LogP contribution in [0.1, 0.15) is 42.2 Å². The maximum Gasteiger partial charge on any atom is 0.247 e. The molecule has 1 fully saturated rings. The summed E-state index contributed by atoms with van der Waals surface area (Å²) in [5.74, 6) is 0.784. The largest absolute Gasteiger partial charge is 0.493 e. The van der Waals surface area contributed by atoms with Crippen molar-refractivity contribution in [1.29, 1.82) is 0 Å². The van der Waals surface area contributed by atoms with E-state index in [0.29, 0.717) is 30.2 Å². The van der Waals surface area contributed by atoms with Crippen molar-refractivity contribution in [2.75, 3.05) is 34.5 Å². The molecule has 1 aliphatic carbocycles. The first kappa shape index (κ1) is 24.1. The molecule has 1 aliphatic rings. The second kappa shape index (κ2) is 11.9. The van der Waals surface area contributed by atoms with E-state index in [2.05, 4.69) is 5.32 Å². The first-order valence-corrected chi connectivity index (χ1v) is 11.8. The SMILES string of the molecule is COCCN(C(=O)Cc1cccs1)[C@H](C(=O)NC1CCCC1)c1ccc(OC)c(OC)c1. The number of carbonyl (C=O) groups is 2. The molecule has 174 valence electrons. The lowest BCUT2D eigenvalue weighted by atomic mass is 10.0. The quantitative estimate of drug-likeness (QED) is 0.555. The Morgan fingerprint density at radius 1 is 1.12 bits per heavy atom. The van der Waals surface area contributed by atoms with Crippen molar-refractivity contribution in [2.45, 2.75) is 44.2 Å². The van der Waals surface area contributed by atoms with E-state index in [1.165, 1.54) is 11.3 Å². The fourth-order valence-corrected chi connectivity index (χ4v) is 4.79. The second-order valence-electron chi connectivity index (χ2n) is 7.84. The van der Waals surface area contributed by atoms with Crippen LogP contribution < -0.4 is 14.8 Å². The number of nitrogens with one attached hydrogen (secondary N) is 1. The van der Waals surface area contributed by atoms with Crippen molar-refractivity contribution in [2.24, 2.45) is 0 Å². The van der Waals surface area contributed by atoms with E-state index in [0.717, 1.165) is 30.6 Å². The van der Waals surface area contributed by atoms with Crippen LogP contribution >= 0.6 is 11.3 Å². The molecule has 1 aromatic heterocycles. The third kappa shape index (κ3) is 6.01. The Morgan fingerprint density at radius 3 is 2.50 bits per heavy atom. The molecule has 8 heteroatoms. The molecular weight excluding hydrogens is 428 g/mol. The molecular formula is C24H32N2O5S. The van der Waals surface area contributed by atoms with Gasteiger partial charge in [-0.1, -0.05) is 25.0 Å². The average Bonchev–Trinajstić information content (AvgIpc) is 3.50. The van der Waals surface area contributed by atoms with Gasteiger partial charge in [0.2, 0.25) is 11.8 Å². The van der Waals surface area contributed by atoms with E-state index in [1.807, 2.05) is 23.6 Å². The highest BCUT2D eigenvalue weighted by Crippen LogP contribution is 2.33. The van der Waals surface area contributed by atoms with Crippen LogP contribution in [0.15, 0.2) is 35.7 Å². The molecule has 0 aliphatic heterocycles. The van der Waals surface area contributed by atoms with Gasteiger partial charge in [-0.25, -0.2) is 0 Å². The van der Waals surface area contributed by atoms with Crippen LogP contribution in [0, 0.1) is 0 Å². The van der Waals surface area contributed by atoms with Gasteiger partial charge in [0.1, 0.15) is 6.04 Å². The normalized spacial score (nSPS) is 14.7. The summed E-state index contributed by atoms with van der Waals surface area (Å²) in [6.07, 6.45) is 4.38. The van der Waals surface area contributed by atoms with Gasteiger partial charge in [0.15, 0.2) is 11.5 Å². The van der Waals surface area contributed by atoms with E-state index in [1.54, 1.807) is 38.4 Å². The molecule has 1 saturated carbocycles. The van der Waals surface area contributed by atoms with Gasteiger partial charge in [-0.2, -0.15) is 0 Å². The van der Waals surface area contributed by atoms with Crippen molar-refractivity contribution in [3.8, 4) is 11.5 Å². The third-order valence-electron chi connectivity index (χ3n) is 5.75. The Labute approximate surface area is 193 Å². The van der Waals surface area contributed by atoms with Gasteiger partial charge in [0, 0.05) is 24.6 Å². The molecule has 0 spiro atoms. The van der Waals surface area contributed by atoms with E-state index in [9.17, 15) is 9.59 Å². The monoisotopic (exact) mass is 460 g/mol. The molecule has 3 rings (SSSR count). The number of thiophene rings is 1. The summed E-state index contributed by atoms with van der Waals surface area (Å²) >= 11 is 1.53. The topological polar surface area (TPSA) is 77.1 Å². The molecule has 2 aromatic rings. The maximum atomic E-state index is 13.5. The van der Waals surface area contributed by atoms with E-state index >= 15 is 0 Å². The van der Waals surface area contributed by atoms with Crippen LogP contribution in [-0.2, 0) is 20.7 Å². The summed E-state index contributed by atoms with van der Waals surface area (Å²) in [7, 11) is 4.71. The average molecular weight is 461 g/mol. The summed E-state index contributed by atoms with van der Waals surface area (Å²) in [6, 6.07) is 8.56. The van der Waals surface area contributed by atoms with Crippen LogP contribution in [0.3, 0.4) is 0 Å². The van der Waals surface area contributed by atoms with Crippen LogP contribution in [0.25, 0.3) is 0 Å². The Bertz CT molecular complexity index is 881. The zero-order valence-electron chi connectivity index (χ0n) is 19.0. The summed E-state index contributed by atoms with van der Waals surface area (Å²) < 4.78 is 16.1. The predicted molar refractivity (Wildman–Crippen MR) is 124 cm³/mol. The Hall–Kier alpha value is -2.58. The van der Waals surface area contributed by atoms with E-state index in [-0.39, 0.29) is 24.3 Å². The zero-order chi connectivity index (χ0) is 22.9. The number of carbonyl (C=O) groups excluding carboxylic acids is 2. The van der Waals surface area contributed by atoms with Crippen LogP contribution in [0.4, 0.5) is 0 Å². The summed E-state index contributed by atoms with van der Waals surface area (Å²) in [4.78, 5) is 29.5. The highest BCUT2D eigenvalue weighted by molar-refractivity contribution is 7.10. The summed E-state index contributed by atoms with van der Waals surface area (Å²) in [5.41, 5.74) is 0.675. The number of benzene rings is 1. The number of hydrogen-bond donors (Lipinski definition) is 1. The Kier molecular flexibility index (Phi) is 8.93. The minimum Gasteiger partial charge on any atom is -0.493 e. The molecule has 0 bridgehead atoms. The number of amides is 2. The zero-order valence-corrected chi connectivity index (χ0v) is 19.8. The van der Waals surface area contributed by atoms with Gasteiger partial charge in [0.05, 0.1) is 27.2 Å². The highest BCUT2D eigenvalue weighted by atomic mass is 32.1. The molecule has 0 radical (unpaired) electrons. The smallest absolute Gasteiger partial charge is 0.247 e. The highest BCUT2D eigenvalue weighted by Gasteiger charge is 2.33. The van der Waals surface area contributed by atoms with Gasteiger partial charge in [-0.3, -0.25) is 9.59 Å². The third-order valence-corrected chi connectivity index (χ3v) is 6.62. The van der Waals surface area contributed by atoms with Gasteiger partial charge in [-0.15, -0.1) is 11.3 Å². The van der Waals surface area contributed by atoms with Gasteiger partial charge < -0.3 is 24.4 Å². The molecule has 1 aromatic carbocycles. The van der Waals surface area contributed by atoms with E-state index in [4.69, 9.17) is 14.2 Å². The summed E-state index contributed by atoms with van der Waals surface area (Å²) in [5, 5.41) is 5.12. The van der Waals surface area contributed by atoms with Crippen molar-refractivity contribution in [3.63, 3.8) is 0 Å². The lowest BCUT2D eigenvalue weighted by molar-refractivity contribution is -0.141. The first-order chi connectivity index (χ1) is 15.6. The second-order valence-corrected chi connectivity index (χ2v) is 8.88. The number of hydrogen-bond acceptors (Lipinski definition) is 6. The van der Waals surface area contributed by atoms with Crippen molar-refractivity contribution < 1.29 is 23.8 Å². The fraction of sp³-hybridized carbons (Fsp3) is 0.500. The van der Waals surface area contributed by atoms with Crippen LogP contribution in [0.2, 0.25) is 0 Å². The molecule has 0 saturated heterocycles. The molecule has 1 N–H and O–H groups in total. The fourth-order valence-electron chi connectivity index (χ4n) is 4.10. The maximum absolute atomic E-state index is 13.5. The number of rotatable bonds is 11. The molecule has 32 heavy (non-hydrogen) atoms. The van der Waals surface area contributed by atoms with Crippen LogP contribution in [-0.4, -0.2) is 57.2 Å². The van der Waals surface area contributed by atoms with Gasteiger partial charge in [0.25, 0.3) is 0 Å².